The van der Waals surface area contributed by atoms with Gasteiger partial charge in [0.05, 0.1) is 23.1 Å². The monoisotopic (exact) mass is 295 g/mol. The van der Waals surface area contributed by atoms with Gasteiger partial charge in [0.1, 0.15) is 0 Å². The molecule has 1 aromatic carbocycles. The number of thioether (sulfide) groups is 1. The average molecular weight is 295 g/mol. The molecule has 1 aromatic rings. The van der Waals surface area contributed by atoms with Gasteiger partial charge in [-0.05, 0) is 38.2 Å². The summed E-state index contributed by atoms with van der Waals surface area (Å²) in [6.45, 7) is 4.07. The van der Waals surface area contributed by atoms with Crippen molar-refractivity contribution in [3.8, 4) is 0 Å². The van der Waals surface area contributed by atoms with E-state index in [9.17, 15) is 9.59 Å². The summed E-state index contributed by atoms with van der Waals surface area (Å²) in [5, 5.41) is -0.383. The molecule has 0 fully saturated rings. The van der Waals surface area contributed by atoms with Crippen LogP contribution in [0.1, 0.15) is 34.6 Å². The Morgan fingerprint density at radius 1 is 1.32 bits per heavy atom. The second kappa shape index (κ2) is 5.71. The predicted octanol–water partition coefficient (Wildman–Crippen LogP) is 2.68. The van der Waals surface area contributed by atoms with Gasteiger partial charge in [-0.25, -0.2) is 0 Å². The van der Waals surface area contributed by atoms with Gasteiger partial charge in [-0.15, -0.1) is 0 Å². The summed E-state index contributed by atoms with van der Waals surface area (Å²) in [5.41, 5.74) is 0.893. The maximum absolute atomic E-state index is 12.2. The normalized spacial score (nSPS) is 15.4. The molecule has 4 nitrogen and oxygen atoms in total. The molecule has 2 amide bonds. The molecule has 0 bridgehead atoms. The van der Waals surface area contributed by atoms with Crippen LogP contribution < -0.4 is 0 Å². The first kappa shape index (κ1) is 14.0. The minimum Gasteiger partial charge on any atom is -0.479 e. The van der Waals surface area contributed by atoms with Crippen LogP contribution in [-0.4, -0.2) is 33.1 Å². The van der Waals surface area contributed by atoms with Crippen LogP contribution in [0.5, 0.6) is 0 Å². The Morgan fingerprint density at radius 2 is 1.84 bits per heavy atom. The van der Waals surface area contributed by atoms with Gasteiger partial charge >= 0.3 is 0 Å². The third-order valence-electron chi connectivity index (χ3n) is 2.72. The van der Waals surface area contributed by atoms with E-state index in [0.29, 0.717) is 22.1 Å². The van der Waals surface area contributed by atoms with Crippen LogP contribution in [0, 0.1) is 0 Å². The Bertz CT molecular complexity index is 509. The van der Waals surface area contributed by atoms with E-state index < -0.39 is 0 Å². The van der Waals surface area contributed by atoms with E-state index in [4.69, 9.17) is 17.0 Å². The zero-order valence-corrected chi connectivity index (χ0v) is 12.2. The number of hydrogen-bond donors (Lipinski definition) is 0. The zero-order valence-electron chi connectivity index (χ0n) is 10.6. The molecule has 19 heavy (non-hydrogen) atoms. The molecule has 0 aromatic heterocycles. The number of carbonyl (C=O) groups is 2. The molecule has 1 aliphatic heterocycles. The number of fused-ring (bicyclic) bond motifs is 1. The lowest BCUT2D eigenvalue weighted by molar-refractivity contribution is 0.0646. The lowest BCUT2D eigenvalue weighted by Gasteiger charge is -2.21. The van der Waals surface area contributed by atoms with E-state index in [1.807, 2.05) is 6.92 Å². The molecule has 0 radical (unpaired) electrons. The van der Waals surface area contributed by atoms with E-state index in [1.54, 1.807) is 31.2 Å². The first-order valence-electron chi connectivity index (χ1n) is 5.86. The molecule has 0 N–H and O–H groups in total. The largest absolute Gasteiger partial charge is 0.479 e. The number of nitrogens with zero attached hydrogens (tertiary/aromatic N) is 1. The van der Waals surface area contributed by atoms with E-state index in [0.717, 1.165) is 0 Å². The van der Waals surface area contributed by atoms with Crippen molar-refractivity contribution in [3.05, 3.63) is 35.4 Å². The number of amides is 2. The van der Waals surface area contributed by atoms with E-state index >= 15 is 0 Å². The number of hydrogen-bond acceptors (Lipinski definition) is 5. The Morgan fingerprint density at radius 3 is 2.32 bits per heavy atom. The summed E-state index contributed by atoms with van der Waals surface area (Å²) in [7, 11) is 0. The van der Waals surface area contributed by atoms with Gasteiger partial charge in [-0.2, -0.15) is 0 Å². The molecule has 0 saturated carbocycles. The van der Waals surface area contributed by atoms with Crippen molar-refractivity contribution >= 4 is 40.2 Å². The number of thiocarbonyl (C=S) groups is 1. The quantitative estimate of drug-likeness (QED) is 0.634. The third kappa shape index (κ3) is 2.64. The average Bonchev–Trinajstić information content (AvgIpc) is 2.63. The number of carbonyl (C=O) groups excluding carboxylic acids is 2. The fraction of sp³-hybridized carbons (Fsp3) is 0.308. The van der Waals surface area contributed by atoms with Crippen LogP contribution in [0.3, 0.4) is 0 Å². The van der Waals surface area contributed by atoms with Gasteiger partial charge in [0.2, 0.25) is 4.38 Å². The van der Waals surface area contributed by atoms with Gasteiger partial charge in [0.25, 0.3) is 11.8 Å². The van der Waals surface area contributed by atoms with Crippen LogP contribution in [0.4, 0.5) is 0 Å². The minimum atomic E-state index is -0.383. The minimum absolute atomic E-state index is 0.278. The maximum Gasteiger partial charge on any atom is 0.262 e. The predicted molar refractivity (Wildman–Crippen MR) is 78.2 cm³/mol. The van der Waals surface area contributed by atoms with Crippen molar-refractivity contribution in [1.29, 1.82) is 0 Å². The molecule has 0 spiro atoms. The standard InChI is InChI=1S/C13H13NO3S2/c1-3-17-13(18)19-8(2)14-11(15)9-6-4-5-7-10(9)12(14)16/h4-8H,3H2,1-2H3. The van der Waals surface area contributed by atoms with Gasteiger partial charge in [-0.3, -0.25) is 14.5 Å². The van der Waals surface area contributed by atoms with Crippen LogP contribution >= 0.6 is 24.0 Å². The number of ether oxygens (including phenoxy) is 1. The zero-order chi connectivity index (χ0) is 14.0. The third-order valence-corrected chi connectivity index (χ3v) is 3.99. The fourth-order valence-corrected chi connectivity index (χ4v) is 3.18. The highest BCUT2D eigenvalue weighted by molar-refractivity contribution is 8.23. The van der Waals surface area contributed by atoms with Crippen molar-refractivity contribution in [1.82, 2.24) is 4.90 Å². The molecule has 6 heteroatoms. The molecular weight excluding hydrogens is 282 g/mol. The summed E-state index contributed by atoms with van der Waals surface area (Å²) >= 11 is 6.21. The van der Waals surface area contributed by atoms with Crippen LogP contribution in [-0.2, 0) is 4.74 Å². The van der Waals surface area contributed by atoms with Crippen molar-refractivity contribution in [2.75, 3.05) is 6.61 Å². The van der Waals surface area contributed by atoms with Gasteiger partial charge in [0, 0.05) is 0 Å². The highest BCUT2D eigenvalue weighted by Gasteiger charge is 2.38. The highest BCUT2D eigenvalue weighted by Crippen LogP contribution is 2.29. The Kier molecular flexibility index (Phi) is 4.21. The molecule has 0 saturated heterocycles. The smallest absolute Gasteiger partial charge is 0.262 e. The molecule has 0 aliphatic carbocycles. The molecule has 1 unspecified atom stereocenters. The van der Waals surface area contributed by atoms with Crippen LogP contribution in [0.2, 0.25) is 0 Å². The molecule has 1 atom stereocenters. The highest BCUT2D eigenvalue weighted by atomic mass is 32.2. The SMILES string of the molecule is CCOC(=S)SC(C)N1C(=O)c2ccccc2C1=O. The maximum atomic E-state index is 12.2. The van der Waals surface area contributed by atoms with Crippen molar-refractivity contribution in [3.63, 3.8) is 0 Å². The van der Waals surface area contributed by atoms with E-state index in [1.165, 1.54) is 16.7 Å². The molecule has 2 rings (SSSR count). The fourth-order valence-electron chi connectivity index (χ4n) is 1.88. The molecule has 1 heterocycles. The molecular formula is C13H13NO3S2. The van der Waals surface area contributed by atoms with Gasteiger partial charge < -0.3 is 4.74 Å². The Labute approximate surface area is 121 Å². The van der Waals surface area contributed by atoms with Gasteiger partial charge in [0.15, 0.2) is 0 Å². The summed E-state index contributed by atoms with van der Waals surface area (Å²) in [6.07, 6.45) is 0. The molecule has 1 aliphatic rings. The number of imide groups is 1. The van der Waals surface area contributed by atoms with Gasteiger partial charge in [-0.1, -0.05) is 23.9 Å². The van der Waals surface area contributed by atoms with Crippen molar-refractivity contribution in [2.45, 2.75) is 19.2 Å². The van der Waals surface area contributed by atoms with Crippen LogP contribution in [0.25, 0.3) is 0 Å². The molecule has 100 valence electrons. The summed E-state index contributed by atoms with van der Waals surface area (Å²) < 4.78 is 5.50. The summed E-state index contributed by atoms with van der Waals surface area (Å²) in [4.78, 5) is 25.6. The van der Waals surface area contributed by atoms with Crippen LogP contribution in [0.15, 0.2) is 24.3 Å². The first-order chi connectivity index (χ1) is 9.06. The van der Waals surface area contributed by atoms with Crippen molar-refractivity contribution < 1.29 is 14.3 Å². The topological polar surface area (TPSA) is 46.6 Å². The lowest BCUT2D eigenvalue weighted by Crippen LogP contribution is -2.36. The lowest BCUT2D eigenvalue weighted by atomic mass is 10.1. The Hall–Kier alpha value is -1.40. The Balaban J connectivity index is 2.17. The van der Waals surface area contributed by atoms with E-state index in [-0.39, 0.29) is 17.2 Å². The number of rotatable bonds is 3. The number of benzene rings is 1. The van der Waals surface area contributed by atoms with Crippen molar-refractivity contribution in [2.24, 2.45) is 0 Å². The second-order valence-corrected chi connectivity index (χ2v) is 5.84. The van der Waals surface area contributed by atoms with E-state index in [2.05, 4.69) is 0 Å². The summed E-state index contributed by atoms with van der Waals surface area (Å²) in [5.74, 6) is -0.556. The second-order valence-electron chi connectivity index (χ2n) is 3.93. The summed E-state index contributed by atoms with van der Waals surface area (Å²) in [6, 6.07) is 6.81. The first-order valence-corrected chi connectivity index (χ1v) is 7.15.